The van der Waals surface area contributed by atoms with E-state index in [2.05, 4.69) is 16.4 Å². The van der Waals surface area contributed by atoms with Crippen molar-refractivity contribution in [3.63, 3.8) is 0 Å². The Labute approximate surface area is 173 Å². The quantitative estimate of drug-likeness (QED) is 0.292. The molecule has 0 saturated carbocycles. The maximum atomic E-state index is 10.0. The number of nitrogens with zero attached hydrogens (tertiary/aromatic N) is 1. The maximum Gasteiger partial charge on any atom is 0.155 e. The third-order valence-electron chi connectivity index (χ3n) is 3.28. The number of allylic oxidation sites excluding steroid dienone is 2. The van der Waals surface area contributed by atoms with Gasteiger partial charge in [-0.15, -0.1) is 17.7 Å². The number of ketones is 1. The molecule has 3 N–H and O–H groups in total. The molecule has 2 aromatic rings. The van der Waals surface area contributed by atoms with E-state index in [1.54, 1.807) is 25.4 Å². The van der Waals surface area contributed by atoms with Crippen molar-refractivity contribution in [1.29, 1.82) is 0 Å². The summed E-state index contributed by atoms with van der Waals surface area (Å²) in [4.78, 5) is 14.4. The van der Waals surface area contributed by atoms with Gasteiger partial charge in [-0.3, -0.25) is 4.79 Å². The predicted molar refractivity (Wildman–Crippen MR) is 101 cm³/mol. The molecule has 0 aliphatic heterocycles. The second-order valence-electron chi connectivity index (χ2n) is 5.57. The van der Waals surface area contributed by atoms with Gasteiger partial charge >= 0.3 is 0 Å². The molecule has 0 fully saturated rings. The Kier molecular flexibility index (Phi) is 12.2. The molecule has 0 amide bonds. The van der Waals surface area contributed by atoms with Crippen LogP contribution in [0.4, 0.5) is 0 Å². The molecule has 1 heterocycles. The van der Waals surface area contributed by atoms with Crippen molar-refractivity contribution in [2.24, 2.45) is 0 Å². The van der Waals surface area contributed by atoms with Gasteiger partial charge in [0.05, 0.1) is 12.9 Å². The van der Waals surface area contributed by atoms with Gasteiger partial charge in [0.2, 0.25) is 0 Å². The molecular weight excluding hydrogens is 524 g/mol. The minimum absolute atomic E-state index is 0. The fraction of sp³-hybridized carbons (Fsp3) is 0.300. The van der Waals surface area contributed by atoms with Crippen LogP contribution in [0.25, 0.3) is 11.3 Å². The number of rotatable bonds is 6. The molecule has 27 heavy (non-hydrogen) atoms. The Morgan fingerprint density at radius 2 is 2.07 bits per heavy atom. The van der Waals surface area contributed by atoms with Gasteiger partial charge < -0.3 is 25.3 Å². The van der Waals surface area contributed by atoms with E-state index in [1.807, 2.05) is 19.2 Å². The SMILES string of the molecule is CC(=O)/C=C(/C)O.CNCc1ccnc(-c2[c-]cc(OC)cc2CO)c1.[Ir]. The first-order valence-corrected chi connectivity index (χ1v) is 8.08. The van der Waals surface area contributed by atoms with Crippen molar-refractivity contribution < 1.29 is 39.8 Å². The van der Waals surface area contributed by atoms with Crippen LogP contribution in [-0.2, 0) is 38.1 Å². The minimum Gasteiger partial charge on any atom is -0.540 e. The van der Waals surface area contributed by atoms with Crippen molar-refractivity contribution in [1.82, 2.24) is 10.3 Å². The number of aliphatic hydroxyl groups is 2. The van der Waals surface area contributed by atoms with Crippen molar-refractivity contribution >= 4 is 5.78 Å². The van der Waals surface area contributed by atoms with E-state index >= 15 is 0 Å². The molecule has 7 heteroatoms. The first-order valence-electron chi connectivity index (χ1n) is 8.08. The fourth-order valence-corrected chi connectivity index (χ4v) is 2.22. The number of pyridine rings is 1. The molecule has 1 aromatic heterocycles. The Balaban J connectivity index is 0.000000728. The molecule has 0 atom stereocenters. The molecule has 0 aliphatic rings. The number of benzene rings is 1. The van der Waals surface area contributed by atoms with Crippen LogP contribution in [0.1, 0.15) is 25.0 Å². The summed E-state index contributed by atoms with van der Waals surface area (Å²) >= 11 is 0. The van der Waals surface area contributed by atoms with Crippen molar-refractivity contribution in [3.8, 4) is 17.0 Å². The number of nitrogens with one attached hydrogen (secondary N) is 1. The molecule has 0 bridgehead atoms. The number of hydrogen-bond donors (Lipinski definition) is 3. The zero-order valence-electron chi connectivity index (χ0n) is 15.9. The molecule has 0 spiro atoms. The van der Waals surface area contributed by atoms with Crippen LogP contribution in [0.5, 0.6) is 5.75 Å². The van der Waals surface area contributed by atoms with Gasteiger partial charge in [0.15, 0.2) is 5.78 Å². The van der Waals surface area contributed by atoms with Gasteiger partial charge in [0.25, 0.3) is 0 Å². The minimum atomic E-state index is -0.125. The van der Waals surface area contributed by atoms with Crippen molar-refractivity contribution in [3.05, 3.63) is 59.5 Å². The number of hydrogen-bond acceptors (Lipinski definition) is 6. The molecule has 0 saturated heterocycles. The second-order valence-corrected chi connectivity index (χ2v) is 5.57. The zero-order valence-corrected chi connectivity index (χ0v) is 18.3. The average molecular weight is 550 g/mol. The predicted octanol–water partition coefficient (Wildman–Crippen LogP) is 2.80. The molecule has 0 unspecified atom stereocenters. The molecule has 0 aliphatic carbocycles. The first-order chi connectivity index (χ1) is 12.4. The van der Waals surface area contributed by atoms with Crippen LogP contribution in [-0.4, -0.2) is 35.1 Å². The summed E-state index contributed by atoms with van der Waals surface area (Å²) < 4.78 is 5.14. The molecule has 2 rings (SSSR count). The Bertz CT molecular complexity index is 759. The summed E-state index contributed by atoms with van der Waals surface area (Å²) in [5.74, 6) is 0.617. The fourth-order valence-electron chi connectivity index (χ4n) is 2.22. The number of methoxy groups -OCH3 is 1. The number of aromatic nitrogens is 1. The standard InChI is InChI=1S/C15H17N2O2.C5H8O2.Ir/c1-16-9-11-5-6-17-15(7-11)14-4-3-13(19-2)8-12(14)10-18;1-4(6)3-5(2)7;/h3,5-8,16,18H,9-10H2,1-2H3;3,6H,1-2H3;/q-1;;/b;4-3-;. The Morgan fingerprint density at radius 3 is 2.56 bits per heavy atom. The van der Waals surface area contributed by atoms with Crippen LogP contribution in [0.3, 0.4) is 0 Å². The van der Waals surface area contributed by atoms with Gasteiger partial charge in [0, 0.05) is 51.3 Å². The van der Waals surface area contributed by atoms with Gasteiger partial charge in [-0.2, -0.15) is 0 Å². The van der Waals surface area contributed by atoms with E-state index in [0.29, 0.717) is 5.75 Å². The van der Waals surface area contributed by atoms with E-state index in [4.69, 9.17) is 9.84 Å². The number of aliphatic hydroxyl groups excluding tert-OH is 2. The Hall–Kier alpha value is -2.05. The van der Waals surface area contributed by atoms with E-state index in [-0.39, 0.29) is 38.3 Å². The third kappa shape index (κ3) is 8.93. The largest absolute Gasteiger partial charge is 0.540 e. The van der Waals surface area contributed by atoms with Crippen LogP contribution >= 0.6 is 0 Å². The second kappa shape index (κ2) is 13.2. The summed E-state index contributed by atoms with van der Waals surface area (Å²) in [6.07, 6.45) is 2.93. The van der Waals surface area contributed by atoms with Gasteiger partial charge in [0.1, 0.15) is 0 Å². The Morgan fingerprint density at radius 1 is 1.37 bits per heavy atom. The molecule has 6 nitrogen and oxygen atoms in total. The van der Waals surface area contributed by atoms with Crippen LogP contribution in [0.15, 0.2) is 42.3 Å². The average Bonchev–Trinajstić information content (AvgIpc) is 2.61. The van der Waals surface area contributed by atoms with Crippen LogP contribution in [0.2, 0.25) is 0 Å². The van der Waals surface area contributed by atoms with E-state index in [0.717, 1.165) is 28.9 Å². The van der Waals surface area contributed by atoms with Gasteiger partial charge in [-0.05, 0) is 38.2 Å². The summed E-state index contributed by atoms with van der Waals surface area (Å²) in [5, 5.41) is 20.9. The zero-order chi connectivity index (χ0) is 19.5. The summed E-state index contributed by atoms with van der Waals surface area (Å²) in [6, 6.07) is 10.6. The monoisotopic (exact) mass is 550 g/mol. The third-order valence-corrected chi connectivity index (χ3v) is 3.28. The summed E-state index contributed by atoms with van der Waals surface area (Å²) in [7, 11) is 3.49. The summed E-state index contributed by atoms with van der Waals surface area (Å²) in [5.41, 5.74) is 3.51. The van der Waals surface area contributed by atoms with Crippen molar-refractivity contribution in [2.45, 2.75) is 27.0 Å². The van der Waals surface area contributed by atoms with Gasteiger partial charge in [-0.25, -0.2) is 0 Å². The first kappa shape index (κ1) is 24.9. The summed E-state index contributed by atoms with van der Waals surface area (Å²) in [6.45, 7) is 3.56. The number of ether oxygens (including phenoxy) is 1. The van der Waals surface area contributed by atoms with E-state index in [9.17, 15) is 9.90 Å². The van der Waals surface area contributed by atoms with Crippen molar-refractivity contribution in [2.75, 3.05) is 14.2 Å². The molecule has 1 aromatic carbocycles. The molecule has 149 valence electrons. The van der Waals surface area contributed by atoms with Gasteiger partial charge in [-0.1, -0.05) is 17.7 Å². The van der Waals surface area contributed by atoms with E-state index in [1.165, 1.54) is 19.9 Å². The number of carbonyl (C=O) groups is 1. The normalized spacial score (nSPS) is 10.3. The van der Waals surface area contributed by atoms with Crippen LogP contribution < -0.4 is 10.1 Å². The van der Waals surface area contributed by atoms with E-state index < -0.39 is 0 Å². The topological polar surface area (TPSA) is 91.7 Å². The number of carbonyl (C=O) groups excluding carboxylic acids is 1. The smallest absolute Gasteiger partial charge is 0.155 e. The molecule has 1 radical (unpaired) electrons. The maximum absolute atomic E-state index is 10.0. The van der Waals surface area contributed by atoms with Crippen LogP contribution in [0, 0.1) is 6.07 Å². The molecular formula is C20H25IrN2O4-.